The lowest BCUT2D eigenvalue weighted by molar-refractivity contribution is 1.12. The summed E-state index contributed by atoms with van der Waals surface area (Å²) < 4.78 is 2.47. The van der Waals surface area contributed by atoms with Crippen molar-refractivity contribution in [2.24, 2.45) is 0 Å². The SMILES string of the molecule is C1=C(c2ccccc2)C2C(=C1c1ccccc1)c1cc3c(cc1-c1ccccc12)c1ccc(-c2ccccc2)cc1n3-c1ccccc1. The molecule has 1 heterocycles. The summed E-state index contributed by atoms with van der Waals surface area (Å²) in [7, 11) is 0. The van der Waals surface area contributed by atoms with Crippen molar-refractivity contribution in [2.75, 3.05) is 0 Å². The number of hydrogen-bond acceptors (Lipinski definition) is 0. The van der Waals surface area contributed by atoms with E-state index in [0.717, 1.165) is 0 Å². The molecule has 0 fully saturated rings. The average molecular weight is 610 g/mol. The van der Waals surface area contributed by atoms with Crippen LogP contribution in [0, 0.1) is 0 Å². The molecule has 10 rings (SSSR count). The lowest BCUT2D eigenvalue weighted by Crippen LogP contribution is -2.11. The van der Waals surface area contributed by atoms with Gasteiger partial charge in [0.1, 0.15) is 0 Å². The van der Waals surface area contributed by atoms with Crippen LogP contribution in [0.5, 0.6) is 0 Å². The molecule has 2 aliphatic rings. The molecule has 0 bridgehead atoms. The first-order chi connectivity index (χ1) is 23.8. The first-order valence-electron chi connectivity index (χ1n) is 16.7. The van der Waals surface area contributed by atoms with Gasteiger partial charge in [0.05, 0.1) is 11.0 Å². The fraction of sp³-hybridized carbons (Fsp3) is 0.0213. The van der Waals surface area contributed by atoms with Gasteiger partial charge in [-0.3, -0.25) is 0 Å². The summed E-state index contributed by atoms with van der Waals surface area (Å²) in [5, 5.41) is 2.54. The zero-order valence-corrected chi connectivity index (χ0v) is 26.3. The molecule has 8 aromatic rings. The van der Waals surface area contributed by atoms with Crippen LogP contribution in [0.15, 0.2) is 182 Å². The van der Waals surface area contributed by atoms with Crippen molar-refractivity contribution in [3.8, 4) is 27.9 Å². The second kappa shape index (κ2) is 10.7. The van der Waals surface area contributed by atoms with Crippen LogP contribution >= 0.6 is 0 Å². The highest BCUT2D eigenvalue weighted by atomic mass is 15.0. The van der Waals surface area contributed by atoms with Gasteiger partial charge in [-0.2, -0.15) is 0 Å². The molecular formula is C47H31N. The second-order valence-electron chi connectivity index (χ2n) is 12.9. The fourth-order valence-corrected chi connectivity index (χ4v) is 8.16. The van der Waals surface area contributed by atoms with Gasteiger partial charge in [0.15, 0.2) is 0 Å². The van der Waals surface area contributed by atoms with Crippen LogP contribution in [0.4, 0.5) is 0 Å². The van der Waals surface area contributed by atoms with Crippen LogP contribution in [-0.2, 0) is 0 Å². The van der Waals surface area contributed by atoms with E-state index in [4.69, 9.17) is 0 Å². The van der Waals surface area contributed by atoms with Gasteiger partial charge in [-0.15, -0.1) is 0 Å². The molecule has 48 heavy (non-hydrogen) atoms. The molecule has 1 aromatic heterocycles. The zero-order chi connectivity index (χ0) is 31.6. The fourth-order valence-electron chi connectivity index (χ4n) is 8.16. The van der Waals surface area contributed by atoms with Gasteiger partial charge in [0, 0.05) is 22.4 Å². The summed E-state index contributed by atoms with van der Waals surface area (Å²) in [6, 6.07) is 64.4. The van der Waals surface area contributed by atoms with E-state index >= 15 is 0 Å². The third-order valence-electron chi connectivity index (χ3n) is 10.3. The zero-order valence-electron chi connectivity index (χ0n) is 26.3. The maximum absolute atomic E-state index is 2.49. The molecule has 0 amide bonds. The van der Waals surface area contributed by atoms with Crippen LogP contribution in [0.25, 0.3) is 66.5 Å². The minimum Gasteiger partial charge on any atom is -0.309 e. The summed E-state index contributed by atoms with van der Waals surface area (Å²) in [6.07, 6.45) is 2.46. The maximum atomic E-state index is 2.49. The number of nitrogens with zero attached hydrogens (tertiary/aromatic N) is 1. The normalized spacial score (nSPS) is 14.9. The minimum atomic E-state index is 0.142. The Balaban J connectivity index is 1.32. The van der Waals surface area contributed by atoms with Crippen LogP contribution in [0.1, 0.15) is 28.2 Å². The van der Waals surface area contributed by atoms with E-state index < -0.39 is 0 Å². The van der Waals surface area contributed by atoms with Gasteiger partial charge < -0.3 is 4.57 Å². The summed E-state index contributed by atoms with van der Waals surface area (Å²) in [5.74, 6) is 0.142. The van der Waals surface area contributed by atoms with Crippen molar-refractivity contribution in [3.05, 3.63) is 204 Å². The van der Waals surface area contributed by atoms with Crippen molar-refractivity contribution < 1.29 is 0 Å². The maximum Gasteiger partial charge on any atom is 0.0547 e. The highest BCUT2D eigenvalue weighted by molar-refractivity contribution is 6.19. The summed E-state index contributed by atoms with van der Waals surface area (Å²) in [4.78, 5) is 0. The number of allylic oxidation sites excluding steroid dienone is 4. The van der Waals surface area contributed by atoms with Crippen LogP contribution in [0.3, 0.4) is 0 Å². The lowest BCUT2D eigenvalue weighted by atomic mass is 9.72. The molecule has 1 unspecified atom stereocenters. The number of benzene rings is 7. The monoisotopic (exact) mass is 609 g/mol. The van der Waals surface area contributed by atoms with E-state index in [-0.39, 0.29) is 5.92 Å². The minimum absolute atomic E-state index is 0.142. The topological polar surface area (TPSA) is 4.93 Å². The van der Waals surface area contributed by atoms with E-state index in [0.29, 0.717) is 0 Å². The Hall–Kier alpha value is -6.18. The first-order valence-corrected chi connectivity index (χ1v) is 16.7. The highest BCUT2D eigenvalue weighted by Crippen LogP contribution is 2.59. The summed E-state index contributed by atoms with van der Waals surface area (Å²) in [5.41, 5.74) is 18.0. The van der Waals surface area contributed by atoms with Crippen molar-refractivity contribution in [1.29, 1.82) is 0 Å². The molecule has 2 aliphatic carbocycles. The van der Waals surface area contributed by atoms with Crippen LogP contribution < -0.4 is 0 Å². The van der Waals surface area contributed by atoms with Gasteiger partial charge in [-0.25, -0.2) is 0 Å². The van der Waals surface area contributed by atoms with Crippen molar-refractivity contribution in [2.45, 2.75) is 5.92 Å². The molecule has 7 aromatic carbocycles. The van der Waals surface area contributed by atoms with Crippen molar-refractivity contribution >= 4 is 38.5 Å². The highest BCUT2D eigenvalue weighted by Gasteiger charge is 2.38. The second-order valence-corrected chi connectivity index (χ2v) is 12.9. The predicted octanol–water partition coefficient (Wildman–Crippen LogP) is 12.2. The van der Waals surface area contributed by atoms with E-state index in [1.165, 1.54) is 88.7 Å². The number of rotatable bonds is 4. The standard InChI is InChI=1S/C47H31N/c1-5-15-31(16-6-1)34-25-26-37-42-29-41-36-23-13-14-24-38(36)46-39(32-17-7-2-8-18-32)28-40(33-19-9-3-10-20-33)47(46)43(41)30-45(42)48(44(37)27-34)35-21-11-4-12-22-35/h1-30,46H. The molecule has 0 N–H and O–H groups in total. The molecule has 0 spiro atoms. The summed E-state index contributed by atoms with van der Waals surface area (Å²) >= 11 is 0. The third-order valence-corrected chi connectivity index (χ3v) is 10.3. The van der Waals surface area contributed by atoms with Gasteiger partial charge in [0.2, 0.25) is 0 Å². The van der Waals surface area contributed by atoms with Gasteiger partial charge >= 0.3 is 0 Å². The Bertz CT molecular complexity index is 2570. The van der Waals surface area contributed by atoms with Gasteiger partial charge in [0.25, 0.3) is 0 Å². The lowest BCUT2D eigenvalue weighted by Gasteiger charge is -2.31. The Morgan fingerprint density at radius 3 is 1.73 bits per heavy atom. The number of fused-ring (bicyclic) bond motifs is 9. The molecule has 0 radical (unpaired) electrons. The number of hydrogen-bond donors (Lipinski definition) is 0. The molecule has 0 aliphatic heterocycles. The molecule has 1 heteroatoms. The molecule has 0 saturated heterocycles. The predicted molar refractivity (Wildman–Crippen MR) is 202 cm³/mol. The molecule has 1 atom stereocenters. The average Bonchev–Trinajstić information content (AvgIpc) is 3.72. The van der Waals surface area contributed by atoms with Gasteiger partial charge in [-0.1, -0.05) is 146 Å². The van der Waals surface area contributed by atoms with E-state index in [2.05, 4.69) is 187 Å². The third kappa shape index (κ3) is 4.04. The molecule has 0 saturated carbocycles. The van der Waals surface area contributed by atoms with E-state index in [9.17, 15) is 0 Å². The Morgan fingerprint density at radius 1 is 0.396 bits per heavy atom. The Kier molecular flexibility index (Phi) is 6.01. The Labute approximate surface area is 280 Å². The van der Waals surface area contributed by atoms with E-state index in [1.807, 2.05) is 0 Å². The van der Waals surface area contributed by atoms with Crippen LogP contribution in [0.2, 0.25) is 0 Å². The van der Waals surface area contributed by atoms with Crippen LogP contribution in [-0.4, -0.2) is 4.57 Å². The number of aromatic nitrogens is 1. The smallest absolute Gasteiger partial charge is 0.0547 e. The largest absolute Gasteiger partial charge is 0.309 e. The summed E-state index contributed by atoms with van der Waals surface area (Å²) in [6.45, 7) is 0. The van der Waals surface area contributed by atoms with Gasteiger partial charge in [-0.05, 0) is 97.6 Å². The first kappa shape index (κ1) is 27.0. The van der Waals surface area contributed by atoms with Crippen molar-refractivity contribution in [3.63, 3.8) is 0 Å². The van der Waals surface area contributed by atoms with Crippen molar-refractivity contribution in [1.82, 2.24) is 4.57 Å². The quantitative estimate of drug-likeness (QED) is 0.187. The molecule has 224 valence electrons. The Morgan fingerprint density at radius 2 is 1.00 bits per heavy atom. The molecular weight excluding hydrogens is 579 g/mol. The molecule has 1 nitrogen and oxygen atoms in total. The number of para-hydroxylation sites is 1. The van der Waals surface area contributed by atoms with E-state index in [1.54, 1.807) is 0 Å².